The monoisotopic (exact) mass is 328 g/mol. The molecule has 0 aromatic heterocycles. The van der Waals surface area contributed by atoms with Crippen LogP contribution in [0.15, 0.2) is 48.5 Å². The topological polar surface area (TPSA) is 49.7 Å². The summed E-state index contributed by atoms with van der Waals surface area (Å²) in [6.45, 7) is 4.62. The molecular formula is C21H28O3. The van der Waals surface area contributed by atoms with Crippen LogP contribution in [0.5, 0.6) is 5.75 Å². The summed E-state index contributed by atoms with van der Waals surface area (Å²) < 4.78 is 5.83. The number of hydrogen-bond donors (Lipinski definition) is 2. The number of hydrogen-bond acceptors (Lipinski definition) is 3. The molecular weight excluding hydrogens is 300 g/mol. The summed E-state index contributed by atoms with van der Waals surface area (Å²) in [4.78, 5) is 0. The highest BCUT2D eigenvalue weighted by Crippen LogP contribution is 2.21. The third-order valence-corrected chi connectivity index (χ3v) is 4.30. The summed E-state index contributed by atoms with van der Waals surface area (Å²) in [5, 5.41) is 19.8. The number of rotatable bonds is 9. The lowest BCUT2D eigenvalue weighted by Crippen LogP contribution is -2.26. The molecule has 2 rings (SSSR count). The normalized spacial score (nSPS) is 13.5. The summed E-state index contributed by atoms with van der Waals surface area (Å²) in [5.74, 6) is 0.853. The quantitative estimate of drug-likeness (QED) is 0.731. The van der Waals surface area contributed by atoms with E-state index in [4.69, 9.17) is 4.74 Å². The van der Waals surface area contributed by atoms with E-state index in [0.717, 1.165) is 29.7 Å². The van der Waals surface area contributed by atoms with Gasteiger partial charge in [0.25, 0.3) is 0 Å². The predicted octanol–water partition coefficient (Wildman–Crippen LogP) is 4.03. The van der Waals surface area contributed by atoms with Crippen LogP contribution in [0.1, 0.15) is 42.9 Å². The van der Waals surface area contributed by atoms with Crippen LogP contribution >= 0.6 is 0 Å². The number of aliphatic hydroxyl groups is 2. The zero-order valence-electron chi connectivity index (χ0n) is 14.6. The molecule has 2 unspecified atom stereocenters. The third kappa shape index (κ3) is 5.66. The van der Waals surface area contributed by atoms with Gasteiger partial charge in [0, 0.05) is 0 Å². The summed E-state index contributed by atoms with van der Waals surface area (Å²) in [6.07, 6.45) is 1.58. The molecule has 130 valence electrons. The van der Waals surface area contributed by atoms with Crippen molar-refractivity contribution in [1.29, 1.82) is 0 Å². The first-order chi connectivity index (χ1) is 11.6. The van der Waals surface area contributed by atoms with E-state index in [-0.39, 0.29) is 0 Å². The van der Waals surface area contributed by atoms with Gasteiger partial charge in [0.15, 0.2) is 0 Å². The molecule has 24 heavy (non-hydrogen) atoms. The Kier molecular flexibility index (Phi) is 7.29. The average molecular weight is 328 g/mol. The predicted molar refractivity (Wildman–Crippen MR) is 97.2 cm³/mol. The van der Waals surface area contributed by atoms with Crippen LogP contribution in [-0.2, 0) is 13.0 Å². The van der Waals surface area contributed by atoms with Crippen molar-refractivity contribution >= 4 is 0 Å². The Balaban J connectivity index is 1.87. The van der Waals surface area contributed by atoms with Gasteiger partial charge in [-0.05, 0) is 55.0 Å². The van der Waals surface area contributed by atoms with Crippen LogP contribution in [0.3, 0.4) is 0 Å². The second kappa shape index (κ2) is 9.45. The Labute approximate surface area is 144 Å². The van der Waals surface area contributed by atoms with Gasteiger partial charge in [-0.15, -0.1) is 0 Å². The number of aliphatic hydroxyl groups excluding tert-OH is 2. The standard InChI is InChI=1S/C21H28O3/c1-3-7-20(22)21(23)13-11-18-10-12-19(14-16(18)2)24-15-17-8-5-4-6-9-17/h4-6,8-10,12,14,20-23H,3,7,11,13,15H2,1-2H3. The molecule has 0 amide bonds. The van der Waals surface area contributed by atoms with Gasteiger partial charge < -0.3 is 14.9 Å². The summed E-state index contributed by atoms with van der Waals surface area (Å²) >= 11 is 0. The summed E-state index contributed by atoms with van der Waals surface area (Å²) in [7, 11) is 0. The molecule has 0 radical (unpaired) electrons. The van der Waals surface area contributed by atoms with Gasteiger partial charge in [0.05, 0.1) is 12.2 Å². The highest BCUT2D eigenvalue weighted by molar-refractivity contribution is 5.35. The first-order valence-corrected chi connectivity index (χ1v) is 8.72. The van der Waals surface area contributed by atoms with Crippen molar-refractivity contribution < 1.29 is 14.9 Å². The molecule has 3 nitrogen and oxygen atoms in total. The highest BCUT2D eigenvalue weighted by atomic mass is 16.5. The minimum absolute atomic E-state index is 0.557. The maximum atomic E-state index is 9.99. The minimum Gasteiger partial charge on any atom is -0.489 e. The number of ether oxygens (including phenoxy) is 1. The SMILES string of the molecule is CCCC(O)C(O)CCc1ccc(OCc2ccccc2)cc1C. The third-order valence-electron chi connectivity index (χ3n) is 4.30. The average Bonchev–Trinajstić information content (AvgIpc) is 2.60. The van der Waals surface area contributed by atoms with Crippen LogP contribution in [0, 0.1) is 6.92 Å². The number of aryl methyl sites for hydroxylation is 2. The fourth-order valence-electron chi connectivity index (χ4n) is 2.76. The van der Waals surface area contributed by atoms with Crippen LogP contribution in [0.25, 0.3) is 0 Å². The summed E-state index contributed by atoms with van der Waals surface area (Å²) in [6, 6.07) is 16.2. The zero-order valence-corrected chi connectivity index (χ0v) is 14.6. The number of benzene rings is 2. The largest absolute Gasteiger partial charge is 0.489 e. The van der Waals surface area contributed by atoms with E-state index in [9.17, 15) is 10.2 Å². The van der Waals surface area contributed by atoms with Crippen molar-refractivity contribution in [3.05, 3.63) is 65.2 Å². The van der Waals surface area contributed by atoms with Crippen LogP contribution < -0.4 is 4.74 Å². The highest BCUT2D eigenvalue weighted by Gasteiger charge is 2.15. The van der Waals surface area contributed by atoms with Gasteiger partial charge >= 0.3 is 0 Å². The molecule has 0 bridgehead atoms. The van der Waals surface area contributed by atoms with Crippen molar-refractivity contribution in [3.63, 3.8) is 0 Å². The van der Waals surface area contributed by atoms with Gasteiger partial charge in [0.1, 0.15) is 12.4 Å². The van der Waals surface area contributed by atoms with Gasteiger partial charge in [-0.1, -0.05) is 49.7 Å². The molecule has 0 saturated heterocycles. The van der Waals surface area contributed by atoms with E-state index in [2.05, 4.69) is 13.0 Å². The molecule has 2 N–H and O–H groups in total. The molecule has 2 atom stereocenters. The van der Waals surface area contributed by atoms with Crippen LogP contribution in [-0.4, -0.2) is 22.4 Å². The molecule has 2 aromatic carbocycles. The Bertz CT molecular complexity index is 610. The minimum atomic E-state index is -0.654. The van der Waals surface area contributed by atoms with Gasteiger partial charge in [-0.3, -0.25) is 0 Å². The van der Waals surface area contributed by atoms with Crippen molar-refractivity contribution in [2.75, 3.05) is 0 Å². The maximum absolute atomic E-state index is 9.99. The lowest BCUT2D eigenvalue weighted by molar-refractivity contribution is 0.00979. The molecule has 0 saturated carbocycles. The first kappa shape index (κ1) is 18.5. The Morgan fingerprint density at radius 3 is 2.33 bits per heavy atom. The lowest BCUT2D eigenvalue weighted by atomic mass is 9.98. The van der Waals surface area contributed by atoms with E-state index in [0.29, 0.717) is 19.4 Å². The maximum Gasteiger partial charge on any atom is 0.120 e. The van der Waals surface area contributed by atoms with E-state index >= 15 is 0 Å². The molecule has 0 aliphatic carbocycles. The molecule has 0 heterocycles. The van der Waals surface area contributed by atoms with E-state index < -0.39 is 12.2 Å². The molecule has 0 spiro atoms. The Morgan fingerprint density at radius 1 is 0.958 bits per heavy atom. The molecule has 0 fully saturated rings. The van der Waals surface area contributed by atoms with E-state index in [1.54, 1.807) is 0 Å². The van der Waals surface area contributed by atoms with Gasteiger partial charge in [-0.2, -0.15) is 0 Å². The molecule has 0 aliphatic heterocycles. The van der Waals surface area contributed by atoms with Crippen molar-refractivity contribution in [2.45, 2.75) is 58.3 Å². The van der Waals surface area contributed by atoms with Crippen LogP contribution in [0.4, 0.5) is 0 Å². The Morgan fingerprint density at radius 2 is 1.67 bits per heavy atom. The zero-order chi connectivity index (χ0) is 17.4. The first-order valence-electron chi connectivity index (χ1n) is 8.72. The smallest absolute Gasteiger partial charge is 0.120 e. The second-order valence-corrected chi connectivity index (χ2v) is 6.32. The van der Waals surface area contributed by atoms with Gasteiger partial charge in [-0.25, -0.2) is 0 Å². The summed E-state index contributed by atoms with van der Waals surface area (Å²) in [5.41, 5.74) is 3.48. The fraction of sp³-hybridized carbons (Fsp3) is 0.429. The van der Waals surface area contributed by atoms with Gasteiger partial charge in [0.2, 0.25) is 0 Å². The van der Waals surface area contributed by atoms with Crippen LogP contribution in [0.2, 0.25) is 0 Å². The Hall–Kier alpha value is -1.84. The van der Waals surface area contributed by atoms with Crippen molar-refractivity contribution in [3.8, 4) is 5.75 Å². The fourth-order valence-corrected chi connectivity index (χ4v) is 2.76. The second-order valence-electron chi connectivity index (χ2n) is 6.32. The molecule has 0 aliphatic rings. The van der Waals surface area contributed by atoms with E-state index in [1.165, 1.54) is 5.56 Å². The van der Waals surface area contributed by atoms with Crippen molar-refractivity contribution in [2.24, 2.45) is 0 Å². The molecule has 3 heteroatoms. The van der Waals surface area contributed by atoms with E-state index in [1.807, 2.05) is 49.4 Å². The molecule has 2 aromatic rings. The lowest BCUT2D eigenvalue weighted by Gasteiger charge is -2.17. The van der Waals surface area contributed by atoms with Crippen molar-refractivity contribution in [1.82, 2.24) is 0 Å².